The third-order valence-corrected chi connectivity index (χ3v) is 3.79. The minimum Gasteiger partial charge on any atom is -0.395 e. The van der Waals surface area contributed by atoms with Crippen molar-refractivity contribution in [3.63, 3.8) is 0 Å². The lowest BCUT2D eigenvalue weighted by atomic mass is 10.0. The second-order valence-corrected chi connectivity index (χ2v) is 5.10. The molecule has 3 nitrogen and oxygen atoms in total. The third kappa shape index (κ3) is 2.52. The van der Waals surface area contributed by atoms with Crippen LogP contribution in [0.3, 0.4) is 0 Å². The number of hydrogen-bond donors (Lipinski definition) is 1. The van der Waals surface area contributed by atoms with Crippen molar-refractivity contribution in [2.24, 2.45) is 0 Å². The summed E-state index contributed by atoms with van der Waals surface area (Å²) in [7, 11) is 2.05. The summed E-state index contributed by atoms with van der Waals surface area (Å²) in [6.07, 6.45) is 1.68. The van der Waals surface area contributed by atoms with Gasteiger partial charge in [0, 0.05) is 18.5 Å². The molecular weight excluding hydrogens is 214 g/mol. The van der Waals surface area contributed by atoms with E-state index < -0.39 is 5.92 Å². The van der Waals surface area contributed by atoms with Gasteiger partial charge in [-0.3, -0.25) is 4.90 Å². The van der Waals surface area contributed by atoms with E-state index in [0.29, 0.717) is 0 Å². The van der Waals surface area contributed by atoms with Gasteiger partial charge in [-0.15, -0.1) is 0 Å². The third-order valence-electron chi connectivity index (χ3n) is 3.79. The predicted octanol–water partition coefficient (Wildman–Crippen LogP) is 0.782. The molecule has 1 N–H and O–H groups in total. The number of nitrogens with zero attached hydrogens (tertiary/aromatic N) is 2. The van der Waals surface area contributed by atoms with Crippen LogP contribution in [-0.4, -0.2) is 66.2 Å². The average Bonchev–Trinajstić information content (AvgIpc) is 2.55. The molecule has 0 saturated carbocycles. The normalized spacial score (nSPS) is 33.4. The smallest absolute Gasteiger partial charge is 0.262 e. The van der Waals surface area contributed by atoms with Gasteiger partial charge >= 0.3 is 0 Å². The first-order valence-corrected chi connectivity index (χ1v) is 5.95. The molecule has 94 valence electrons. The van der Waals surface area contributed by atoms with Crippen molar-refractivity contribution < 1.29 is 13.9 Å². The van der Waals surface area contributed by atoms with Crippen LogP contribution in [-0.2, 0) is 0 Å². The van der Waals surface area contributed by atoms with Crippen molar-refractivity contribution in [2.75, 3.05) is 33.3 Å². The van der Waals surface area contributed by atoms with Gasteiger partial charge in [0.25, 0.3) is 5.92 Å². The summed E-state index contributed by atoms with van der Waals surface area (Å²) in [5.74, 6) is -2.61. The zero-order valence-electron chi connectivity index (χ0n) is 9.70. The van der Waals surface area contributed by atoms with Crippen LogP contribution >= 0.6 is 0 Å². The molecule has 2 fully saturated rings. The Hall–Kier alpha value is -0.260. The van der Waals surface area contributed by atoms with E-state index in [2.05, 4.69) is 11.9 Å². The minimum atomic E-state index is -2.61. The molecule has 0 aromatic rings. The molecule has 0 bridgehead atoms. The largest absolute Gasteiger partial charge is 0.395 e. The Bertz CT molecular complexity index is 242. The topological polar surface area (TPSA) is 26.7 Å². The van der Waals surface area contributed by atoms with Crippen molar-refractivity contribution in [1.82, 2.24) is 9.80 Å². The molecule has 2 heterocycles. The van der Waals surface area contributed by atoms with Gasteiger partial charge in [-0.05, 0) is 33.0 Å². The summed E-state index contributed by atoms with van der Waals surface area (Å²) >= 11 is 0. The molecular formula is C11H20F2N2O. The van der Waals surface area contributed by atoms with Gasteiger partial charge < -0.3 is 10.0 Å². The maximum absolute atomic E-state index is 13.3. The predicted molar refractivity (Wildman–Crippen MR) is 57.7 cm³/mol. The Morgan fingerprint density at radius 3 is 2.50 bits per heavy atom. The summed E-state index contributed by atoms with van der Waals surface area (Å²) in [4.78, 5) is 4.05. The van der Waals surface area contributed by atoms with E-state index in [1.165, 1.54) is 0 Å². The molecule has 0 unspecified atom stereocenters. The molecule has 2 aliphatic rings. The van der Waals surface area contributed by atoms with Crippen molar-refractivity contribution in [1.29, 1.82) is 0 Å². The van der Waals surface area contributed by atoms with E-state index in [1.807, 2.05) is 4.90 Å². The number of rotatable bonds is 2. The fourth-order valence-corrected chi connectivity index (χ4v) is 2.85. The summed E-state index contributed by atoms with van der Waals surface area (Å²) in [6, 6.07) is -0.120. The zero-order valence-corrected chi connectivity index (χ0v) is 9.70. The SMILES string of the molecule is CN1CCC(N2CC(F)(F)C[C@@H]2CO)CC1. The Balaban J connectivity index is 1.97. The summed E-state index contributed by atoms with van der Waals surface area (Å²) < 4.78 is 26.6. The Kier molecular flexibility index (Phi) is 3.47. The molecule has 0 aliphatic carbocycles. The standard InChI is InChI=1S/C11H20F2N2O/c1-14-4-2-9(3-5-14)15-8-11(12,13)6-10(15)7-16/h9-10,16H,2-8H2,1H3/t10-/m1/s1. The molecule has 0 amide bonds. The lowest BCUT2D eigenvalue weighted by Gasteiger charge is -2.37. The van der Waals surface area contributed by atoms with E-state index in [1.54, 1.807) is 0 Å². The van der Waals surface area contributed by atoms with Gasteiger partial charge in [-0.2, -0.15) is 0 Å². The van der Waals surface area contributed by atoms with Crippen LogP contribution < -0.4 is 0 Å². The van der Waals surface area contributed by atoms with E-state index >= 15 is 0 Å². The summed E-state index contributed by atoms with van der Waals surface area (Å²) in [6.45, 7) is 1.60. The van der Waals surface area contributed by atoms with Crippen LogP contribution in [0.4, 0.5) is 8.78 Å². The highest BCUT2D eigenvalue weighted by molar-refractivity contribution is 4.94. The molecule has 2 aliphatic heterocycles. The first kappa shape index (κ1) is 12.2. The van der Waals surface area contributed by atoms with Gasteiger partial charge in [0.2, 0.25) is 0 Å². The maximum atomic E-state index is 13.3. The quantitative estimate of drug-likeness (QED) is 0.765. The van der Waals surface area contributed by atoms with Gasteiger partial charge in [-0.1, -0.05) is 0 Å². The molecule has 16 heavy (non-hydrogen) atoms. The van der Waals surface area contributed by atoms with Crippen LogP contribution in [0, 0.1) is 0 Å². The average molecular weight is 234 g/mol. The van der Waals surface area contributed by atoms with E-state index in [0.717, 1.165) is 25.9 Å². The Morgan fingerprint density at radius 1 is 1.31 bits per heavy atom. The Morgan fingerprint density at radius 2 is 1.94 bits per heavy atom. The van der Waals surface area contributed by atoms with Crippen molar-refractivity contribution in [2.45, 2.75) is 37.3 Å². The molecule has 2 saturated heterocycles. The van der Waals surface area contributed by atoms with Crippen LogP contribution in [0.15, 0.2) is 0 Å². The molecule has 0 radical (unpaired) electrons. The number of aliphatic hydroxyl groups excluding tert-OH is 1. The minimum absolute atomic E-state index is 0.151. The van der Waals surface area contributed by atoms with Gasteiger partial charge in [-0.25, -0.2) is 8.78 Å². The fraction of sp³-hybridized carbons (Fsp3) is 1.00. The highest BCUT2D eigenvalue weighted by atomic mass is 19.3. The van der Waals surface area contributed by atoms with Crippen molar-refractivity contribution in [3.05, 3.63) is 0 Å². The Labute approximate surface area is 95.0 Å². The number of aliphatic hydroxyl groups is 1. The maximum Gasteiger partial charge on any atom is 0.262 e. The number of alkyl halides is 2. The van der Waals surface area contributed by atoms with Gasteiger partial charge in [0.15, 0.2) is 0 Å². The molecule has 0 aromatic heterocycles. The van der Waals surface area contributed by atoms with E-state index in [9.17, 15) is 8.78 Å². The molecule has 0 aromatic carbocycles. The van der Waals surface area contributed by atoms with Crippen LogP contribution in [0.1, 0.15) is 19.3 Å². The summed E-state index contributed by atoms with van der Waals surface area (Å²) in [5, 5.41) is 9.17. The monoisotopic (exact) mass is 234 g/mol. The number of piperidine rings is 1. The second kappa shape index (κ2) is 4.55. The second-order valence-electron chi connectivity index (χ2n) is 5.10. The van der Waals surface area contributed by atoms with E-state index in [-0.39, 0.29) is 31.7 Å². The fourth-order valence-electron chi connectivity index (χ4n) is 2.85. The van der Waals surface area contributed by atoms with Gasteiger partial charge in [0.1, 0.15) is 0 Å². The van der Waals surface area contributed by atoms with Crippen molar-refractivity contribution >= 4 is 0 Å². The van der Waals surface area contributed by atoms with Crippen LogP contribution in [0.5, 0.6) is 0 Å². The first-order valence-electron chi connectivity index (χ1n) is 5.95. The molecule has 2 rings (SSSR count). The zero-order chi connectivity index (χ0) is 11.8. The lowest BCUT2D eigenvalue weighted by molar-refractivity contribution is 0.00365. The van der Waals surface area contributed by atoms with E-state index in [4.69, 9.17) is 5.11 Å². The summed E-state index contributed by atoms with van der Waals surface area (Å²) in [5.41, 5.74) is 0. The number of likely N-dealkylation sites (tertiary alicyclic amines) is 2. The first-order chi connectivity index (χ1) is 7.52. The van der Waals surface area contributed by atoms with Gasteiger partial charge in [0.05, 0.1) is 13.2 Å². The number of hydrogen-bond acceptors (Lipinski definition) is 3. The highest BCUT2D eigenvalue weighted by Crippen LogP contribution is 2.35. The molecule has 0 spiro atoms. The molecule has 5 heteroatoms. The number of halogens is 2. The lowest BCUT2D eigenvalue weighted by Crippen LogP contribution is -2.47. The molecule has 1 atom stereocenters. The van der Waals surface area contributed by atoms with Crippen molar-refractivity contribution in [3.8, 4) is 0 Å². The van der Waals surface area contributed by atoms with Crippen LogP contribution in [0.2, 0.25) is 0 Å². The van der Waals surface area contributed by atoms with Crippen LogP contribution in [0.25, 0.3) is 0 Å². The highest BCUT2D eigenvalue weighted by Gasteiger charge is 2.47.